The van der Waals surface area contributed by atoms with Gasteiger partial charge in [-0.2, -0.15) is 5.10 Å². The van der Waals surface area contributed by atoms with E-state index in [1.165, 1.54) is 0 Å². The summed E-state index contributed by atoms with van der Waals surface area (Å²) in [7, 11) is 1.83. The van der Waals surface area contributed by atoms with Gasteiger partial charge in [-0.05, 0) is 18.1 Å². The molecular weight excluding hydrogens is 236 g/mol. The minimum atomic E-state index is -0.342. The van der Waals surface area contributed by atoms with Gasteiger partial charge in [-0.15, -0.1) is 0 Å². The van der Waals surface area contributed by atoms with Crippen LogP contribution in [0.15, 0.2) is 24.5 Å². The van der Waals surface area contributed by atoms with E-state index in [1.807, 2.05) is 19.2 Å². The summed E-state index contributed by atoms with van der Waals surface area (Å²) in [5.74, 6) is 0. The number of hydrogen-bond donors (Lipinski definition) is 1. The summed E-state index contributed by atoms with van der Waals surface area (Å²) < 4.78 is 1.70. The molecule has 0 aliphatic rings. The van der Waals surface area contributed by atoms with Gasteiger partial charge in [-0.3, -0.25) is 9.67 Å². The summed E-state index contributed by atoms with van der Waals surface area (Å²) in [5, 5.41) is 4.67. The Morgan fingerprint density at radius 1 is 1.53 bits per heavy atom. The fourth-order valence-electron chi connectivity index (χ4n) is 1.93. The van der Waals surface area contributed by atoms with Crippen LogP contribution in [0.3, 0.4) is 0 Å². The molecule has 0 aromatic carbocycles. The van der Waals surface area contributed by atoms with E-state index in [9.17, 15) is 0 Å². The largest absolute Gasteiger partial charge is 0.318 e. The topological polar surface area (TPSA) is 56.7 Å². The molecular formula is C12H15ClN4. The van der Waals surface area contributed by atoms with Crippen molar-refractivity contribution in [1.29, 1.82) is 0 Å². The molecule has 17 heavy (non-hydrogen) atoms. The Labute approximate surface area is 105 Å². The quantitative estimate of drug-likeness (QED) is 0.908. The maximum Gasteiger partial charge on any atom is 0.0914 e. The molecule has 0 aliphatic carbocycles. The Morgan fingerprint density at radius 2 is 2.29 bits per heavy atom. The molecule has 2 rings (SSSR count). The minimum Gasteiger partial charge on any atom is -0.318 e. The third kappa shape index (κ3) is 2.18. The molecule has 2 aromatic rings. The molecule has 1 unspecified atom stereocenters. The van der Waals surface area contributed by atoms with Gasteiger partial charge >= 0.3 is 0 Å². The molecule has 2 aromatic heterocycles. The first kappa shape index (κ1) is 12.1. The minimum absolute atomic E-state index is 0.342. The van der Waals surface area contributed by atoms with Gasteiger partial charge in [0.1, 0.15) is 0 Å². The van der Waals surface area contributed by atoms with Crippen LogP contribution in [0.25, 0.3) is 0 Å². The molecule has 2 N–H and O–H groups in total. The Kier molecular flexibility index (Phi) is 3.45. The van der Waals surface area contributed by atoms with Gasteiger partial charge in [-0.25, -0.2) is 0 Å². The Hall–Kier alpha value is -1.39. The van der Waals surface area contributed by atoms with Crippen molar-refractivity contribution in [1.82, 2.24) is 14.8 Å². The normalized spacial score (nSPS) is 12.7. The van der Waals surface area contributed by atoms with Crippen LogP contribution in [-0.4, -0.2) is 14.8 Å². The standard InChI is InChI=1S/C12H15ClN4/c1-3-8-5-4-6-15-11(8)10(14)12-9(13)7-16-17(12)2/h4-7,10H,3,14H2,1-2H3. The maximum atomic E-state index is 6.23. The molecule has 1 atom stereocenters. The highest BCUT2D eigenvalue weighted by Gasteiger charge is 2.20. The van der Waals surface area contributed by atoms with Crippen LogP contribution in [0.4, 0.5) is 0 Å². The smallest absolute Gasteiger partial charge is 0.0914 e. The zero-order valence-electron chi connectivity index (χ0n) is 9.89. The number of nitrogens with two attached hydrogens (primary N) is 1. The van der Waals surface area contributed by atoms with E-state index < -0.39 is 0 Å². The molecule has 0 bridgehead atoms. The number of aryl methyl sites for hydroxylation is 2. The zero-order chi connectivity index (χ0) is 12.4. The molecule has 0 fully saturated rings. The van der Waals surface area contributed by atoms with E-state index in [0.29, 0.717) is 5.02 Å². The first-order valence-electron chi connectivity index (χ1n) is 5.52. The summed E-state index contributed by atoms with van der Waals surface area (Å²) in [6, 6.07) is 3.61. The van der Waals surface area contributed by atoms with E-state index in [1.54, 1.807) is 17.1 Å². The lowest BCUT2D eigenvalue weighted by atomic mass is 10.0. The van der Waals surface area contributed by atoms with Gasteiger partial charge in [0.2, 0.25) is 0 Å². The molecule has 0 saturated carbocycles. The Morgan fingerprint density at radius 3 is 2.88 bits per heavy atom. The summed E-state index contributed by atoms with van der Waals surface area (Å²) in [4.78, 5) is 4.36. The van der Waals surface area contributed by atoms with Crippen molar-refractivity contribution in [2.75, 3.05) is 0 Å². The number of nitrogens with zero attached hydrogens (tertiary/aromatic N) is 3. The second-order valence-corrected chi connectivity index (χ2v) is 4.29. The predicted octanol–water partition coefficient (Wildman–Crippen LogP) is 2.08. The maximum absolute atomic E-state index is 6.23. The molecule has 0 radical (unpaired) electrons. The second kappa shape index (κ2) is 4.85. The van der Waals surface area contributed by atoms with Crippen molar-refractivity contribution in [3.05, 3.63) is 46.5 Å². The molecule has 0 aliphatic heterocycles. The number of pyridine rings is 1. The van der Waals surface area contributed by atoms with Gasteiger partial charge < -0.3 is 5.73 Å². The van der Waals surface area contributed by atoms with Crippen molar-refractivity contribution in [2.24, 2.45) is 12.8 Å². The molecule has 5 heteroatoms. The lowest BCUT2D eigenvalue weighted by Crippen LogP contribution is -2.19. The summed E-state index contributed by atoms with van der Waals surface area (Å²) in [6.07, 6.45) is 4.25. The van der Waals surface area contributed by atoms with E-state index in [2.05, 4.69) is 17.0 Å². The first-order chi connectivity index (χ1) is 8.15. The van der Waals surface area contributed by atoms with Crippen molar-refractivity contribution >= 4 is 11.6 Å². The molecule has 0 spiro atoms. The molecule has 4 nitrogen and oxygen atoms in total. The van der Waals surface area contributed by atoms with Gasteiger partial charge in [0.05, 0.1) is 28.6 Å². The van der Waals surface area contributed by atoms with Crippen LogP contribution in [0.5, 0.6) is 0 Å². The second-order valence-electron chi connectivity index (χ2n) is 3.88. The van der Waals surface area contributed by atoms with Crippen LogP contribution < -0.4 is 5.73 Å². The number of hydrogen-bond acceptors (Lipinski definition) is 3. The van der Waals surface area contributed by atoms with Gasteiger partial charge in [-0.1, -0.05) is 24.6 Å². The summed E-state index contributed by atoms with van der Waals surface area (Å²) in [5.41, 5.74) is 9.02. The van der Waals surface area contributed by atoms with Crippen LogP contribution in [0.2, 0.25) is 5.02 Å². The van der Waals surface area contributed by atoms with Crippen LogP contribution >= 0.6 is 11.6 Å². The predicted molar refractivity (Wildman–Crippen MR) is 67.9 cm³/mol. The first-order valence-corrected chi connectivity index (χ1v) is 5.89. The highest BCUT2D eigenvalue weighted by molar-refractivity contribution is 6.31. The SMILES string of the molecule is CCc1cccnc1C(N)c1c(Cl)cnn1C. The summed E-state index contributed by atoms with van der Waals surface area (Å²) >= 11 is 6.09. The van der Waals surface area contributed by atoms with E-state index >= 15 is 0 Å². The highest BCUT2D eigenvalue weighted by Crippen LogP contribution is 2.26. The third-order valence-electron chi connectivity index (χ3n) is 2.83. The van der Waals surface area contributed by atoms with E-state index in [0.717, 1.165) is 23.4 Å². The lowest BCUT2D eigenvalue weighted by Gasteiger charge is -2.15. The van der Waals surface area contributed by atoms with Crippen molar-refractivity contribution < 1.29 is 0 Å². The Bertz CT molecular complexity index is 501. The van der Waals surface area contributed by atoms with Crippen molar-refractivity contribution in [3.63, 3.8) is 0 Å². The fraction of sp³-hybridized carbons (Fsp3) is 0.333. The van der Waals surface area contributed by atoms with Crippen LogP contribution in [0.1, 0.15) is 29.9 Å². The number of halogens is 1. The van der Waals surface area contributed by atoms with Gasteiger partial charge in [0.15, 0.2) is 0 Å². The monoisotopic (exact) mass is 250 g/mol. The molecule has 2 heterocycles. The van der Waals surface area contributed by atoms with Crippen LogP contribution in [-0.2, 0) is 13.5 Å². The van der Waals surface area contributed by atoms with Gasteiger partial charge in [0.25, 0.3) is 0 Å². The average Bonchev–Trinajstić information content (AvgIpc) is 2.68. The number of aromatic nitrogens is 3. The number of rotatable bonds is 3. The van der Waals surface area contributed by atoms with Crippen LogP contribution in [0, 0.1) is 0 Å². The average molecular weight is 251 g/mol. The highest BCUT2D eigenvalue weighted by atomic mass is 35.5. The fourth-order valence-corrected chi connectivity index (χ4v) is 2.21. The van der Waals surface area contributed by atoms with E-state index in [4.69, 9.17) is 17.3 Å². The summed E-state index contributed by atoms with van der Waals surface area (Å²) in [6.45, 7) is 2.08. The zero-order valence-corrected chi connectivity index (χ0v) is 10.6. The van der Waals surface area contributed by atoms with Gasteiger partial charge in [0, 0.05) is 13.2 Å². The molecule has 0 amide bonds. The van der Waals surface area contributed by atoms with Crippen molar-refractivity contribution in [3.8, 4) is 0 Å². The lowest BCUT2D eigenvalue weighted by molar-refractivity contribution is 0.659. The Balaban J connectivity index is 2.47. The van der Waals surface area contributed by atoms with Crippen molar-refractivity contribution in [2.45, 2.75) is 19.4 Å². The van der Waals surface area contributed by atoms with E-state index in [-0.39, 0.29) is 6.04 Å². The molecule has 0 saturated heterocycles. The third-order valence-corrected chi connectivity index (χ3v) is 3.13. The molecule has 90 valence electrons.